The first-order valence-electron chi connectivity index (χ1n) is 16.8. The number of hydrogen-bond acceptors (Lipinski definition) is 7. The van der Waals surface area contributed by atoms with Crippen LogP contribution in [0.25, 0.3) is 0 Å². The van der Waals surface area contributed by atoms with Crippen molar-refractivity contribution in [3.8, 4) is 0 Å². The molecule has 10 nitrogen and oxygen atoms in total. The molecule has 0 aromatic heterocycles. The van der Waals surface area contributed by atoms with Crippen LogP contribution in [0.15, 0.2) is 54.6 Å². The van der Waals surface area contributed by atoms with Crippen LogP contribution < -0.4 is 21.3 Å². The Morgan fingerprint density at radius 2 is 1.28 bits per heavy atom. The Morgan fingerprint density at radius 3 is 1.85 bits per heavy atom. The van der Waals surface area contributed by atoms with E-state index in [4.69, 9.17) is 9.47 Å². The van der Waals surface area contributed by atoms with E-state index in [1.54, 1.807) is 0 Å². The molecule has 258 valence electrons. The number of ether oxygens (including phenoxy) is 2. The van der Waals surface area contributed by atoms with Crippen molar-refractivity contribution < 1.29 is 28.7 Å². The fourth-order valence-corrected chi connectivity index (χ4v) is 5.53. The molecule has 1 aliphatic rings. The molecule has 4 N–H and O–H groups in total. The van der Waals surface area contributed by atoms with E-state index < -0.39 is 35.3 Å². The van der Waals surface area contributed by atoms with Crippen molar-refractivity contribution in [2.45, 2.75) is 123 Å². The minimum atomic E-state index is -0.820. The van der Waals surface area contributed by atoms with E-state index in [0.717, 1.165) is 42.4 Å². The number of carbonyl (C=O) groups is 4. The van der Waals surface area contributed by atoms with Crippen LogP contribution in [0.3, 0.4) is 0 Å². The largest absolute Gasteiger partial charge is 0.459 e. The molecule has 1 fully saturated rings. The van der Waals surface area contributed by atoms with Gasteiger partial charge in [-0.1, -0.05) is 86.7 Å². The Hall–Kier alpha value is -3.92. The summed E-state index contributed by atoms with van der Waals surface area (Å²) in [4.78, 5) is 51.8. The number of amides is 3. The van der Waals surface area contributed by atoms with Gasteiger partial charge in [-0.25, -0.2) is 4.79 Å². The monoisotopic (exact) mass is 650 g/mol. The zero-order valence-corrected chi connectivity index (χ0v) is 28.9. The van der Waals surface area contributed by atoms with Crippen LogP contribution in [0.5, 0.6) is 0 Å². The highest BCUT2D eigenvalue weighted by Crippen LogP contribution is 2.27. The summed E-state index contributed by atoms with van der Waals surface area (Å²) < 4.78 is 10.7. The first-order valence-corrected chi connectivity index (χ1v) is 16.8. The first kappa shape index (κ1) is 37.5. The predicted molar refractivity (Wildman–Crippen MR) is 182 cm³/mol. The second kappa shape index (κ2) is 17.8. The third kappa shape index (κ3) is 15.0. The molecule has 0 bridgehead atoms. The molecule has 3 rings (SSSR count). The van der Waals surface area contributed by atoms with Gasteiger partial charge >= 0.3 is 12.1 Å². The van der Waals surface area contributed by atoms with Gasteiger partial charge in [0.05, 0.1) is 12.6 Å². The molecule has 47 heavy (non-hydrogen) atoms. The Morgan fingerprint density at radius 1 is 0.702 bits per heavy atom. The summed E-state index contributed by atoms with van der Waals surface area (Å²) in [5, 5.41) is 11.9. The van der Waals surface area contributed by atoms with E-state index >= 15 is 0 Å². The third-order valence-electron chi connectivity index (χ3n) is 7.76. The smallest absolute Gasteiger partial charge is 0.407 e. The van der Waals surface area contributed by atoms with Crippen molar-refractivity contribution >= 4 is 23.9 Å². The Kier molecular flexibility index (Phi) is 14.3. The molecule has 10 heteroatoms. The van der Waals surface area contributed by atoms with Crippen LogP contribution in [-0.2, 0) is 43.4 Å². The molecule has 2 unspecified atom stereocenters. The topological polar surface area (TPSA) is 135 Å². The molecular formula is C37H54N4O6. The van der Waals surface area contributed by atoms with Crippen molar-refractivity contribution in [1.82, 2.24) is 21.3 Å². The van der Waals surface area contributed by atoms with Crippen LogP contribution in [0.1, 0.15) is 96.8 Å². The van der Waals surface area contributed by atoms with Gasteiger partial charge in [0.1, 0.15) is 17.2 Å². The van der Waals surface area contributed by atoms with Gasteiger partial charge in [0.15, 0.2) is 0 Å². The molecule has 0 saturated heterocycles. The third-order valence-corrected chi connectivity index (χ3v) is 7.76. The number of benzene rings is 2. The molecule has 3 amide bonds. The predicted octanol–water partition coefficient (Wildman–Crippen LogP) is 5.33. The number of alkyl carbamates (subject to hydrolysis) is 1. The minimum Gasteiger partial charge on any atom is -0.459 e. The van der Waals surface area contributed by atoms with Crippen molar-refractivity contribution in [2.75, 3.05) is 6.54 Å². The van der Waals surface area contributed by atoms with Gasteiger partial charge in [-0.3, -0.25) is 19.7 Å². The minimum absolute atomic E-state index is 0.0963. The lowest BCUT2D eigenvalue weighted by Crippen LogP contribution is -2.54. The van der Waals surface area contributed by atoms with Gasteiger partial charge in [0.2, 0.25) is 11.8 Å². The van der Waals surface area contributed by atoms with Gasteiger partial charge in [0.25, 0.3) is 0 Å². The van der Waals surface area contributed by atoms with Gasteiger partial charge in [-0.2, -0.15) is 0 Å². The van der Waals surface area contributed by atoms with Crippen LogP contribution in [-0.4, -0.2) is 53.7 Å². The van der Waals surface area contributed by atoms with E-state index in [1.165, 1.54) is 6.42 Å². The molecule has 0 aliphatic heterocycles. The number of hydrogen-bond donors (Lipinski definition) is 4. The SMILES string of the molecule is CC(C)(C)OC(=O)CNC(CC1CCCCC1)C(=O)NC(Cc1ccccc1)C(=O)NCc1ccc(CNC(=O)OC(C)(C)C)cc1. The summed E-state index contributed by atoms with van der Waals surface area (Å²) in [6, 6.07) is 15.6. The summed E-state index contributed by atoms with van der Waals surface area (Å²) in [6.45, 7) is 11.3. The van der Waals surface area contributed by atoms with E-state index in [1.807, 2.05) is 96.1 Å². The number of rotatable bonds is 14. The highest BCUT2D eigenvalue weighted by molar-refractivity contribution is 5.90. The molecule has 0 heterocycles. The summed E-state index contributed by atoms with van der Waals surface area (Å²) >= 11 is 0. The Balaban J connectivity index is 1.65. The summed E-state index contributed by atoms with van der Waals surface area (Å²) in [5.74, 6) is -0.669. The number of esters is 1. The van der Waals surface area contributed by atoms with Crippen LogP contribution in [0, 0.1) is 5.92 Å². The van der Waals surface area contributed by atoms with E-state index in [-0.39, 0.29) is 24.9 Å². The van der Waals surface area contributed by atoms with E-state index in [9.17, 15) is 19.2 Å². The lowest BCUT2D eigenvalue weighted by atomic mass is 9.84. The lowest BCUT2D eigenvalue weighted by Gasteiger charge is -2.28. The standard InChI is InChI=1S/C37H54N4O6/c1-36(2,3)46-32(42)25-38-30(21-26-13-9-7-10-14-26)34(44)41-31(22-27-15-11-8-12-16-27)33(43)39-23-28-17-19-29(20-18-28)24-40-35(45)47-37(4,5)6/h8,11-12,15-20,26,30-31,38H,7,9-10,13-14,21-25H2,1-6H3,(H,39,43)(H,40,45)(H,41,44). The Bertz CT molecular complexity index is 1290. The second-order valence-corrected chi connectivity index (χ2v) is 14.4. The average Bonchev–Trinajstić information content (AvgIpc) is 3.00. The highest BCUT2D eigenvalue weighted by atomic mass is 16.6. The highest BCUT2D eigenvalue weighted by Gasteiger charge is 2.29. The summed E-state index contributed by atoms with van der Waals surface area (Å²) in [5.41, 5.74) is 1.48. The van der Waals surface area contributed by atoms with Crippen molar-refractivity contribution in [2.24, 2.45) is 5.92 Å². The number of nitrogens with one attached hydrogen (secondary N) is 4. The molecule has 0 spiro atoms. The van der Waals surface area contributed by atoms with E-state index in [2.05, 4.69) is 21.3 Å². The van der Waals surface area contributed by atoms with Gasteiger partial charge in [0, 0.05) is 19.5 Å². The zero-order chi connectivity index (χ0) is 34.5. The normalized spacial score (nSPS) is 15.2. The van der Waals surface area contributed by atoms with Gasteiger partial charge in [-0.05, 0) is 70.6 Å². The Labute approximate surface area is 280 Å². The van der Waals surface area contributed by atoms with Crippen molar-refractivity contribution in [3.05, 3.63) is 71.3 Å². The maximum absolute atomic E-state index is 13.8. The first-order chi connectivity index (χ1) is 22.2. The fourth-order valence-electron chi connectivity index (χ4n) is 5.53. The molecule has 2 aromatic carbocycles. The summed E-state index contributed by atoms with van der Waals surface area (Å²) in [6.07, 6.45) is 5.96. The van der Waals surface area contributed by atoms with Gasteiger partial charge in [-0.15, -0.1) is 0 Å². The van der Waals surface area contributed by atoms with Crippen LogP contribution >= 0.6 is 0 Å². The fraction of sp³-hybridized carbons (Fsp3) is 0.568. The molecule has 1 saturated carbocycles. The van der Waals surface area contributed by atoms with Crippen LogP contribution in [0.2, 0.25) is 0 Å². The zero-order valence-electron chi connectivity index (χ0n) is 28.9. The average molecular weight is 651 g/mol. The van der Waals surface area contributed by atoms with Gasteiger partial charge < -0.3 is 25.4 Å². The summed E-state index contributed by atoms with van der Waals surface area (Å²) in [7, 11) is 0. The molecule has 2 atom stereocenters. The quantitative estimate of drug-likeness (QED) is 0.203. The van der Waals surface area contributed by atoms with Crippen molar-refractivity contribution in [3.63, 3.8) is 0 Å². The molecule has 2 aromatic rings. The van der Waals surface area contributed by atoms with Crippen molar-refractivity contribution in [1.29, 1.82) is 0 Å². The van der Waals surface area contributed by atoms with Crippen LogP contribution in [0.4, 0.5) is 4.79 Å². The molecular weight excluding hydrogens is 596 g/mol. The second-order valence-electron chi connectivity index (χ2n) is 14.4. The maximum Gasteiger partial charge on any atom is 0.407 e. The molecule has 1 aliphatic carbocycles. The maximum atomic E-state index is 13.8. The molecule has 0 radical (unpaired) electrons. The van der Waals surface area contributed by atoms with E-state index in [0.29, 0.717) is 25.3 Å². The lowest BCUT2D eigenvalue weighted by molar-refractivity contribution is -0.153. The number of carbonyl (C=O) groups excluding carboxylic acids is 4.